The summed E-state index contributed by atoms with van der Waals surface area (Å²) < 4.78 is 11.1. The first-order chi connectivity index (χ1) is 12.6. The molecule has 1 aliphatic carbocycles. The Kier molecular flexibility index (Phi) is 3.66. The number of ether oxygens (including phenoxy) is 2. The predicted octanol–water partition coefficient (Wildman–Crippen LogP) is 5.29. The van der Waals surface area contributed by atoms with Crippen molar-refractivity contribution in [3.8, 4) is 11.5 Å². The highest BCUT2D eigenvalue weighted by atomic mass is 35.5. The molecule has 0 aromatic heterocycles. The Hall–Kier alpha value is -2.17. The molecule has 0 saturated heterocycles. The van der Waals surface area contributed by atoms with E-state index in [4.69, 9.17) is 32.7 Å². The first-order valence-electron chi connectivity index (χ1n) is 8.54. The van der Waals surface area contributed by atoms with E-state index in [0.29, 0.717) is 28.0 Å². The fraction of sp³-hybridized carbons (Fsp3) is 0.250. The van der Waals surface area contributed by atoms with E-state index in [-0.39, 0.29) is 18.5 Å². The van der Waals surface area contributed by atoms with E-state index < -0.39 is 0 Å². The van der Waals surface area contributed by atoms with Gasteiger partial charge in [0, 0.05) is 51.0 Å². The lowest BCUT2D eigenvalue weighted by Crippen LogP contribution is -2.27. The number of benzene rings is 2. The predicted molar refractivity (Wildman–Crippen MR) is 100 cm³/mol. The maximum Gasteiger partial charge on any atom is 0.231 e. The van der Waals surface area contributed by atoms with E-state index in [2.05, 4.69) is 5.32 Å². The Bertz CT molecular complexity index is 963. The van der Waals surface area contributed by atoms with Crippen LogP contribution < -0.4 is 14.8 Å². The summed E-state index contributed by atoms with van der Waals surface area (Å²) in [6.07, 6.45) is 2.21. The number of hydrogen-bond acceptors (Lipinski definition) is 4. The van der Waals surface area contributed by atoms with Crippen LogP contribution in [0.25, 0.3) is 0 Å². The van der Waals surface area contributed by atoms with E-state index in [0.717, 1.165) is 40.9 Å². The zero-order valence-electron chi connectivity index (χ0n) is 13.8. The second-order valence-electron chi connectivity index (χ2n) is 6.66. The van der Waals surface area contributed by atoms with E-state index in [1.54, 1.807) is 0 Å². The maximum atomic E-state index is 12.8. The smallest absolute Gasteiger partial charge is 0.231 e. The molecule has 0 amide bonds. The van der Waals surface area contributed by atoms with Crippen LogP contribution in [-0.2, 0) is 4.79 Å². The highest BCUT2D eigenvalue weighted by molar-refractivity contribution is 6.36. The molecule has 0 saturated carbocycles. The third-order valence-corrected chi connectivity index (χ3v) is 5.83. The van der Waals surface area contributed by atoms with Crippen LogP contribution in [0.1, 0.15) is 36.3 Å². The number of Topliss-reactive ketones (excluding diaryl/α,β-unsaturated/α-hetero) is 1. The van der Waals surface area contributed by atoms with Gasteiger partial charge in [-0.1, -0.05) is 29.3 Å². The molecule has 6 heteroatoms. The Morgan fingerprint density at radius 3 is 2.54 bits per heavy atom. The van der Waals surface area contributed by atoms with Crippen molar-refractivity contribution >= 4 is 34.7 Å². The number of ketones is 1. The average molecular weight is 388 g/mol. The van der Waals surface area contributed by atoms with Crippen LogP contribution in [0.5, 0.6) is 11.5 Å². The van der Waals surface area contributed by atoms with Gasteiger partial charge in [0.15, 0.2) is 17.3 Å². The molecule has 3 aliphatic rings. The molecule has 2 aliphatic heterocycles. The minimum absolute atomic E-state index is 0.142. The fourth-order valence-corrected chi connectivity index (χ4v) is 4.65. The molecule has 0 fully saturated rings. The molecule has 0 radical (unpaired) electrons. The Morgan fingerprint density at radius 1 is 1.04 bits per heavy atom. The van der Waals surface area contributed by atoms with Gasteiger partial charge in [0.1, 0.15) is 0 Å². The summed E-state index contributed by atoms with van der Waals surface area (Å²) in [5.74, 6) is 1.20. The zero-order chi connectivity index (χ0) is 17.8. The van der Waals surface area contributed by atoms with Crippen molar-refractivity contribution < 1.29 is 14.3 Å². The Balaban J connectivity index is 1.79. The van der Waals surface area contributed by atoms with Crippen LogP contribution in [0.15, 0.2) is 41.6 Å². The van der Waals surface area contributed by atoms with Crippen LogP contribution >= 0.6 is 23.2 Å². The van der Waals surface area contributed by atoms with Gasteiger partial charge < -0.3 is 14.8 Å². The van der Waals surface area contributed by atoms with Gasteiger partial charge in [-0.25, -0.2) is 0 Å². The minimum atomic E-state index is -0.315. The van der Waals surface area contributed by atoms with Crippen LogP contribution in [0.2, 0.25) is 10.0 Å². The first-order valence-corrected chi connectivity index (χ1v) is 9.30. The topological polar surface area (TPSA) is 47.6 Å². The number of carbonyl (C=O) groups excluding carboxylic acids is 1. The lowest BCUT2D eigenvalue weighted by molar-refractivity contribution is -0.116. The number of allylic oxidation sites excluding steroid dienone is 2. The summed E-state index contributed by atoms with van der Waals surface area (Å²) >= 11 is 13.1. The van der Waals surface area contributed by atoms with Crippen molar-refractivity contribution in [3.05, 3.63) is 62.8 Å². The van der Waals surface area contributed by atoms with E-state index >= 15 is 0 Å². The van der Waals surface area contributed by atoms with Gasteiger partial charge >= 0.3 is 0 Å². The minimum Gasteiger partial charge on any atom is -0.454 e. The number of hydrogen-bond donors (Lipinski definition) is 1. The van der Waals surface area contributed by atoms with Gasteiger partial charge in [-0.2, -0.15) is 0 Å². The van der Waals surface area contributed by atoms with Crippen molar-refractivity contribution in [1.82, 2.24) is 0 Å². The number of halogens is 2. The molecule has 132 valence electrons. The summed E-state index contributed by atoms with van der Waals surface area (Å²) in [6, 6.07) is 9.29. The Morgan fingerprint density at radius 2 is 1.77 bits per heavy atom. The first kappa shape index (κ1) is 16.0. The molecule has 2 heterocycles. The molecule has 1 atom stereocenters. The van der Waals surface area contributed by atoms with Gasteiger partial charge in [0.2, 0.25) is 6.79 Å². The summed E-state index contributed by atoms with van der Waals surface area (Å²) in [4.78, 5) is 12.8. The van der Waals surface area contributed by atoms with Crippen LogP contribution in [0.4, 0.5) is 5.69 Å². The van der Waals surface area contributed by atoms with Crippen molar-refractivity contribution in [2.24, 2.45) is 0 Å². The summed E-state index contributed by atoms with van der Waals surface area (Å²) in [7, 11) is 0. The van der Waals surface area contributed by atoms with Crippen LogP contribution in [-0.4, -0.2) is 12.6 Å². The molecule has 5 rings (SSSR count). The molecule has 0 spiro atoms. The van der Waals surface area contributed by atoms with Gasteiger partial charge in [-0.15, -0.1) is 0 Å². The SMILES string of the molecule is O=C1CCCC2=C1[C@H](c1c(Cl)cccc1Cl)c1cc3c(cc1N2)OCO3. The van der Waals surface area contributed by atoms with Crippen molar-refractivity contribution in [1.29, 1.82) is 0 Å². The molecule has 4 nitrogen and oxygen atoms in total. The van der Waals surface area contributed by atoms with Crippen molar-refractivity contribution in [2.45, 2.75) is 25.2 Å². The molecular formula is C20H15Cl2NO3. The molecule has 1 N–H and O–H groups in total. The Labute approximate surface area is 160 Å². The van der Waals surface area contributed by atoms with Gasteiger partial charge in [0.05, 0.1) is 0 Å². The molecule has 2 aromatic rings. The number of anilines is 1. The summed E-state index contributed by atoms with van der Waals surface area (Å²) in [5.41, 5.74) is 4.31. The lowest BCUT2D eigenvalue weighted by Gasteiger charge is -2.34. The number of carbonyl (C=O) groups is 1. The van der Waals surface area contributed by atoms with Crippen LogP contribution in [0.3, 0.4) is 0 Å². The number of nitrogens with one attached hydrogen (secondary N) is 1. The average Bonchev–Trinajstić information content (AvgIpc) is 3.06. The summed E-state index contributed by atoms with van der Waals surface area (Å²) in [5, 5.41) is 4.54. The number of rotatable bonds is 1. The third kappa shape index (κ3) is 2.32. The van der Waals surface area contributed by atoms with E-state index in [1.165, 1.54) is 0 Å². The standard InChI is InChI=1S/C20H15Cl2NO3/c21-11-3-1-4-12(22)19(11)18-10-7-16-17(26-9-25-16)8-14(10)23-13-5-2-6-15(24)20(13)18/h1,3-4,7-8,18,23H,2,5-6,9H2/t18-/m0/s1. The second kappa shape index (κ2) is 5.93. The quantitative estimate of drug-likeness (QED) is 0.722. The monoisotopic (exact) mass is 387 g/mol. The molecular weight excluding hydrogens is 373 g/mol. The molecule has 0 unspecified atom stereocenters. The van der Waals surface area contributed by atoms with Gasteiger partial charge in [0.25, 0.3) is 0 Å². The molecule has 0 bridgehead atoms. The third-order valence-electron chi connectivity index (χ3n) is 5.17. The lowest BCUT2D eigenvalue weighted by atomic mass is 9.75. The van der Waals surface area contributed by atoms with E-state index in [9.17, 15) is 4.79 Å². The van der Waals surface area contributed by atoms with Crippen molar-refractivity contribution in [3.63, 3.8) is 0 Å². The van der Waals surface area contributed by atoms with E-state index in [1.807, 2.05) is 30.3 Å². The fourth-order valence-electron chi connectivity index (χ4n) is 4.04. The van der Waals surface area contributed by atoms with Gasteiger partial charge in [-0.05, 0) is 36.6 Å². The second-order valence-corrected chi connectivity index (χ2v) is 7.47. The van der Waals surface area contributed by atoms with Crippen LogP contribution in [0, 0.1) is 0 Å². The number of fused-ring (bicyclic) bond motifs is 2. The van der Waals surface area contributed by atoms with Crippen molar-refractivity contribution in [2.75, 3.05) is 12.1 Å². The summed E-state index contributed by atoms with van der Waals surface area (Å²) in [6.45, 7) is 0.196. The molecule has 26 heavy (non-hydrogen) atoms. The highest BCUT2D eigenvalue weighted by Crippen LogP contribution is 2.51. The normalized spacial score (nSPS) is 20.5. The van der Waals surface area contributed by atoms with Gasteiger partial charge in [-0.3, -0.25) is 4.79 Å². The maximum absolute atomic E-state index is 12.8. The largest absolute Gasteiger partial charge is 0.454 e. The zero-order valence-corrected chi connectivity index (χ0v) is 15.3. The highest BCUT2D eigenvalue weighted by Gasteiger charge is 2.38. The molecule has 2 aromatic carbocycles.